The van der Waals surface area contributed by atoms with Gasteiger partial charge in [0.05, 0.1) is 18.2 Å². The maximum Gasteiger partial charge on any atom is 0.416 e. The van der Waals surface area contributed by atoms with E-state index < -0.39 is 11.7 Å². The second kappa shape index (κ2) is 6.47. The van der Waals surface area contributed by atoms with E-state index in [1.807, 2.05) is 0 Å². The summed E-state index contributed by atoms with van der Waals surface area (Å²) in [6.07, 6.45) is -1.59. The number of ether oxygens (including phenoxy) is 1. The molecule has 2 nitrogen and oxygen atoms in total. The van der Waals surface area contributed by atoms with Crippen LogP contribution in [-0.2, 0) is 6.18 Å². The normalized spacial score (nSPS) is 11.6. The summed E-state index contributed by atoms with van der Waals surface area (Å²) in [5.41, 5.74) is 0.185. The van der Waals surface area contributed by atoms with Crippen molar-refractivity contribution in [2.45, 2.75) is 6.18 Å². The first-order valence-corrected chi connectivity index (χ1v) is 6.44. The molecule has 0 aliphatic heterocycles. The van der Waals surface area contributed by atoms with E-state index in [-0.39, 0.29) is 5.78 Å². The maximum atomic E-state index is 12.5. The number of halogens is 3. The van der Waals surface area contributed by atoms with Gasteiger partial charge >= 0.3 is 6.18 Å². The molecule has 0 heterocycles. The van der Waals surface area contributed by atoms with Crippen molar-refractivity contribution in [3.8, 4) is 5.75 Å². The minimum Gasteiger partial charge on any atom is -0.496 e. The Bertz CT molecular complexity index is 686. The Morgan fingerprint density at radius 2 is 1.68 bits per heavy atom. The van der Waals surface area contributed by atoms with Crippen molar-refractivity contribution >= 4 is 11.9 Å². The van der Waals surface area contributed by atoms with E-state index in [4.69, 9.17) is 4.74 Å². The van der Waals surface area contributed by atoms with Crippen LogP contribution in [0.5, 0.6) is 5.75 Å². The van der Waals surface area contributed by atoms with Crippen LogP contribution in [0, 0.1) is 0 Å². The van der Waals surface area contributed by atoms with Crippen LogP contribution < -0.4 is 4.74 Å². The lowest BCUT2D eigenvalue weighted by molar-refractivity contribution is -0.137. The van der Waals surface area contributed by atoms with Crippen molar-refractivity contribution < 1.29 is 22.7 Å². The van der Waals surface area contributed by atoms with Crippen LogP contribution in [0.4, 0.5) is 13.2 Å². The fourth-order valence-electron chi connectivity index (χ4n) is 1.89. The second-order valence-corrected chi connectivity index (χ2v) is 4.52. The first-order valence-electron chi connectivity index (χ1n) is 6.44. The molecule has 0 atom stereocenters. The highest BCUT2D eigenvalue weighted by Crippen LogP contribution is 2.29. The van der Waals surface area contributed by atoms with Gasteiger partial charge in [0, 0.05) is 0 Å². The zero-order chi connectivity index (χ0) is 16.2. The number of rotatable bonds is 4. The van der Waals surface area contributed by atoms with E-state index in [9.17, 15) is 18.0 Å². The zero-order valence-electron chi connectivity index (χ0n) is 11.7. The molecule has 2 aromatic rings. The molecule has 22 heavy (non-hydrogen) atoms. The first kappa shape index (κ1) is 15.8. The van der Waals surface area contributed by atoms with Crippen LogP contribution in [0.1, 0.15) is 21.5 Å². The summed E-state index contributed by atoms with van der Waals surface area (Å²) < 4.78 is 42.4. The minimum atomic E-state index is -4.37. The average Bonchev–Trinajstić information content (AvgIpc) is 2.52. The van der Waals surface area contributed by atoms with Gasteiger partial charge in [-0.1, -0.05) is 30.3 Å². The molecule has 0 radical (unpaired) electrons. The third kappa shape index (κ3) is 3.75. The van der Waals surface area contributed by atoms with Crippen LogP contribution in [0.25, 0.3) is 6.08 Å². The van der Waals surface area contributed by atoms with Gasteiger partial charge in [0.25, 0.3) is 0 Å². The van der Waals surface area contributed by atoms with Crippen LogP contribution >= 0.6 is 0 Å². The molecule has 0 unspecified atom stereocenters. The third-order valence-electron chi connectivity index (χ3n) is 3.04. The summed E-state index contributed by atoms with van der Waals surface area (Å²) in [6.45, 7) is 0. The van der Waals surface area contributed by atoms with Gasteiger partial charge in [-0.05, 0) is 35.9 Å². The third-order valence-corrected chi connectivity index (χ3v) is 3.04. The highest BCUT2D eigenvalue weighted by Gasteiger charge is 2.29. The number of benzene rings is 2. The largest absolute Gasteiger partial charge is 0.496 e. The number of hydrogen-bond acceptors (Lipinski definition) is 2. The molecule has 114 valence electrons. The van der Waals surface area contributed by atoms with Crippen molar-refractivity contribution in [1.82, 2.24) is 0 Å². The number of para-hydroxylation sites is 1. The number of ketones is 1. The van der Waals surface area contributed by atoms with Crippen molar-refractivity contribution in [3.05, 3.63) is 71.3 Å². The van der Waals surface area contributed by atoms with Gasteiger partial charge < -0.3 is 4.74 Å². The lowest BCUT2D eigenvalue weighted by Gasteiger charge is -2.06. The van der Waals surface area contributed by atoms with E-state index >= 15 is 0 Å². The summed E-state index contributed by atoms with van der Waals surface area (Å²) >= 11 is 0. The van der Waals surface area contributed by atoms with E-state index in [1.54, 1.807) is 24.3 Å². The molecular weight excluding hydrogens is 293 g/mol. The molecule has 0 aliphatic rings. The second-order valence-electron chi connectivity index (χ2n) is 4.52. The molecule has 0 bridgehead atoms. The molecule has 2 rings (SSSR count). The van der Waals surface area contributed by atoms with Crippen molar-refractivity contribution in [2.75, 3.05) is 7.11 Å². The van der Waals surface area contributed by atoms with Crippen molar-refractivity contribution in [3.63, 3.8) is 0 Å². The van der Waals surface area contributed by atoms with Crippen molar-refractivity contribution in [1.29, 1.82) is 0 Å². The molecule has 0 fully saturated rings. The number of alkyl halides is 3. The van der Waals surface area contributed by atoms with E-state index in [0.717, 1.165) is 12.1 Å². The summed E-state index contributed by atoms with van der Waals surface area (Å²) in [5.74, 6) is 0.168. The minimum absolute atomic E-state index is 0.280. The summed E-state index contributed by atoms with van der Waals surface area (Å²) in [5, 5.41) is 0. The Hall–Kier alpha value is -2.56. The Balaban J connectivity index is 2.16. The van der Waals surface area contributed by atoms with Gasteiger partial charge in [-0.15, -0.1) is 0 Å². The molecule has 5 heteroatoms. The number of hydrogen-bond donors (Lipinski definition) is 0. The SMILES string of the molecule is COc1ccccc1C(=O)/C=C/c1ccc(C(F)(F)F)cc1. The van der Waals surface area contributed by atoms with Crippen LogP contribution in [-0.4, -0.2) is 12.9 Å². The molecule has 0 N–H and O–H groups in total. The molecule has 0 saturated carbocycles. The predicted molar refractivity (Wildman–Crippen MR) is 77.8 cm³/mol. The molecular formula is C17H13F3O2. The van der Waals surface area contributed by atoms with Crippen LogP contribution in [0.2, 0.25) is 0 Å². The topological polar surface area (TPSA) is 26.3 Å². The number of methoxy groups -OCH3 is 1. The fourth-order valence-corrected chi connectivity index (χ4v) is 1.89. The van der Waals surface area contributed by atoms with E-state index in [1.165, 1.54) is 31.4 Å². The quantitative estimate of drug-likeness (QED) is 0.609. The molecule has 0 aromatic heterocycles. The molecule has 0 amide bonds. The fraction of sp³-hybridized carbons (Fsp3) is 0.118. The van der Waals surface area contributed by atoms with Crippen LogP contribution in [0.3, 0.4) is 0 Å². The lowest BCUT2D eigenvalue weighted by Crippen LogP contribution is -2.04. The summed E-state index contributed by atoms with van der Waals surface area (Å²) in [7, 11) is 1.46. The van der Waals surface area contributed by atoms with Crippen LogP contribution in [0.15, 0.2) is 54.6 Å². The summed E-state index contributed by atoms with van der Waals surface area (Å²) in [6, 6.07) is 11.3. The van der Waals surface area contributed by atoms with Gasteiger partial charge in [-0.2, -0.15) is 13.2 Å². The maximum absolute atomic E-state index is 12.5. The van der Waals surface area contributed by atoms with Gasteiger partial charge in [-0.25, -0.2) is 0 Å². The Morgan fingerprint density at radius 3 is 2.27 bits per heavy atom. The molecule has 0 saturated heterocycles. The monoisotopic (exact) mass is 306 g/mol. The number of allylic oxidation sites excluding steroid dienone is 1. The smallest absolute Gasteiger partial charge is 0.416 e. The Labute approximate surface area is 125 Å². The summed E-state index contributed by atoms with van der Waals surface area (Å²) in [4.78, 5) is 12.1. The lowest BCUT2D eigenvalue weighted by atomic mass is 10.1. The van der Waals surface area contributed by atoms with Gasteiger partial charge in [0.2, 0.25) is 0 Å². The Morgan fingerprint density at radius 1 is 1.05 bits per heavy atom. The Kier molecular flexibility index (Phi) is 4.65. The molecule has 2 aromatic carbocycles. The molecule has 0 spiro atoms. The van der Waals surface area contributed by atoms with E-state index in [2.05, 4.69) is 0 Å². The number of carbonyl (C=O) groups excluding carboxylic acids is 1. The average molecular weight is 306 g/mol. The highest BCUT2D eigenvalue weighted by atomic mass is 19.4. The highest BCUT2D eigenvalue weighted by molar-refractivity contribution is 6.08. The predicted octanol–water partition coefficient (Wildman–Crippen LogP) is 4.61. The van der Waals surface area contributed by atoms with Crippen molar-refractivity contribution in [2.24, 2.45) is 0 Å². The van der Waals surface area contributed by atoms with Gasteiger partial charge in [0.1, 0.15) is 5.75 Å². The van der Waals surface area contributed by atoms with Gasteiger partial charge in [0.15, 0.2) is 5.78 Å². The standard InChI is InChI=1S/C17H13F3O2/c1-22-16-5-3-2-4-14(16)15(21)11-8-12-6-9-13(10-7-12)17(18,19)20/h2-11H,1H3/b11-8+. The molecule has 0 aliphatic carbocycles. The van der Waals surface area contributed by atoms with Gasteiger partial charge in [-0.3, -0.25) is 4.79 Å². The van der Waals surface area contributed by atoms with E-state index in [0.29, 0.717) is 16.9 Å². The zero-order valence-corrected chi connectivity index (χ0v) is 11.7. The number of carbonyl (C=O) groups is 1. The first-order chi connectivity index (χ1) is 10.4.